The predicted octanol–water partition coefficient (Wildman–Crippen LogP) is 7.38. The average molecular weight is 700 g/mol. The minimum atomic E-state index is -9.76. The van der Waals surface area contributed by atoms with Gasteiger partial charge in [0.05, 0.1) is 0 Å². The summed E-state index contributed by atoms with van der Waals surface area (Å²) in [5.41, 5.74) is 0. The molecule has 0 atom stereocenters. The Morgan fingerprint density at radius 3 is 0.585 bits per heavy atom. The summed E-state index contributed by atoms with van der Waals surface area (Å²) in [5.74, 6) is -94.0. The smallest absolute Gasteiger partial charge is 0.281 e. The van der Waals surface area contributed by atoms with Crippen molar-refractivity contribution in [1.29, 1.82) is 0 Å². The van der Waals surface area contributed by atoms with Crippen molar-refractivity contribution < 1.29 is 123 Å². The Morgan fingerprint density at radius 2 is 0.439 bits per heavy atom. The van der Waals surface area contributed by atoms with E-state index in [1.807, 2.05) is 0 Å². The summed E-state index contributed by atoms with van der Waals surface area (Å²) in [6.07, 6.45) is -8.23. The van der Waals surface area contributed by atoms with E-state index in [1.165, 1.54) is 0 Å². The third-order valence-corrected chi connectivity index (χ3v) is 5.50. The van der Waals surface area contributed by atoms with Crippen LogP contribution in [0.4, 0.5) is 110 Å². The van der Waals surface area contributed by atoms with Crippen LogP contribution in [0.15, 0.2) is 0 Å². The highest BCUT2D eigenvalue weighted by Crippen LogP contribution is 2.67. The largest absolute Gasteiger partial charge is 0.460 e. The number of hydrogen-bond acceptors (Lipinski definition) is 2. The molecule has 0 heterocycles. The Balaban J connectivity index is 7.45. The van der Waals surface area contributed by atoms with Gasteiger partial charge in [0.2, 0.25) is 0 Å². The molecule has 0 aliphatic carbocycles. The Morgan fingerprint density at radius 1 is 0.293 bits per heavy atom. The minimum absolute atomic E-state index is 7.71. The second-order valence-electron chi connectivity index (χ2n) is 7.23. The van der Waals surface area contributed by atoms with E-state index in [4.69, 9.17) is 4.55 Å². The number of rotatable bonds is 11. The standard InChI is InChI=1S/C12HF25O3S/c13-1(14,3(17,18)5(21,22)7(25,26)9(29,30)11(33,34)35)2(15,16)4(19,20)6(23,24)8(27,28)10(31,32)12(36,37)41(38,39)40/h(H,38,39,40). The summed E-state index contributed by atoms with van der Waals surface area (Å²) in [6, 6.07) is 0. The van der Waals surface area contributed by atoms with E-state index in [1.54, 1.807) is 0 Å². The van der Waals surface area contributed by atoms with Crippen LogP contribution in [0, 0.1) is 0 Å². The molecule has 0 saturated heterocycles. The maximum atomic E-state index is 13.5. The fraction of sp³-hybridized carbons (Fsp3) is 1.00. The zero-order valence-corrected chi connectivity index (χ0v) is 17.9. The number of alkyl halides is 25. The first-order valence-corrected chi connectivity index (χ1v) is 9.63. The van der Waals surface area contributed by atoms with Gasteiger partial charge in [0.25, 0.3) is 0 Å². The molecule has 0 unspecified atom stereocenters. The molecule has 0 aromatic rings. The highest BCUT2D eigenvalue weighted by molar-refractivity contribution is 7.87. The first-order chi connectivity index (χ1) is 17.0. The van der Waals surface area contributed by atoms with Crippen LogP contribution >= 0.6 is 0 Å². The van der Waals surface area contributed by atoms with Crippen LogP contribution < -0.4 is 0 Å². The van der Waals surface area contributed by atoms with Gasteiger partial charge in [-0.15, -0.1) is 0 Å². The lowest BCUT2D eigenvalue weighted by Crippen LogP contribution is -2.78. The van der Waals surface area contributed by atoms with Gasteiger partial charge in [-0.2, -0.15) is 118 Å². The summed E-state index contributed by atoms with van der Waals surface area (Å²) >= 11 is 0. The molecule has 1 N–H and O–H groups in total. The lowest BCUT2D eigenvalue weighted by molar-refractivity contribution is -0.480. The van der Waals surface area contributed by atoms with Gasteiger partial charge in [0.15, 0.2) is 0 Å². The lowest BCUT2D eigenvalue weighted by Gasteiger charge is -2.45. The van der Waals surface area contributed by atoms with Crippen molar-refractivity contribution >= 4 is 10.1 Å². The van der Waals surface area contributed by atoms with Gasteiger partial charge in [-0.1, -0.05) is 0 Å². The van der Waals surface area contributed by atoms with Crippen LogP contribution in [0.3, 0.4) is 0 Å². The molecule has 0 aliphatic rings. The van der Waals surface area contributed by atoms with Crippen LogP contribution in [-0.4, -0.2) is 83.6 Å². The van der Waals surface area contributed by atoms with Gasteiger partial charge in [-0.05, 0) is 0 Å². The zero-order valence-electron chi connectivity index (χ0n) is 17.1. The summed E-state index contributed by atoms with van der Waals surface area (Å²) in [5, 5.41) is -8.22. The van der Waals surface area contributed by atoms with Crippen LogP contribution in [0.25, 0.3) is 0 Å². The zero-order chi connectivity index (χ0) is 34.5. The molecular formula is C12HF25O3S. The molecule has 0 aromatic carbocycles. The normalized spacial score (nSPS) is 17.2. The second kappa shape index (κ2) is 9.08. The monoisotopic (exact) mass is 700 g/mol. The Hall–Kier alpha value is -1.84. The minimum Gasteiger partial charge on any atom is -0.281 e. The lowest BCUT2D eigenvalue weighted by atomic mass is 9.85. The predicted molar refractivity (Wildman–Crippen MR) is 72.0 cm³/mol. The fourth-order valence-corrected chi connectivity index (χ4v) is 2.55. The van der Waals surface area contributed by atoms with E-state index in [0.29, 0.717) is 0 Å². The first kappa shape index (κ1) is 39.2. The highest BCUT2D eigenvalue weighted by Gasteiger charge is 3.00. The van der Waals surface area contributed by atoms with E-state index in [0.717, 1.165) is 0 Å². The van der Waals surface area contributed by atoms with E-state index in [-0.39, 0.29) is 0 Å². The van der Waals surface area contributed by atoms with Gasteiger partial charge in [-0.3, -0.25) is 4.55 Å². The van der Waals surface area contributed by atoms with Crippen molar-refractivity contribution in [2.45, 2.75) is 70.7 Å². The third-order valence-electron chi connectivity index (χ3n) is 4.59. The Kier molecular flexibility index (Phi) is 8.68. The van der Waals surface area contributed by atoms with Gasteiger partial charge in [-0.25, -0.2) is 0 Å². The van der Waals surface area contributed by atoms with Crippen molar-refractivity contribution in [2.75, 3.05) is 0 Å². The van der Waals surface area contributed by atoms with Gasteiger partial charge in [0, 0.05) is 0 Å². The summed E-state index contributed by atoms with van der Waals surface area (Å²) < 4.78 is 355. The van der Waals surface area contributed by atoms with E-state index < -0.39 is 80.8 Å². The molecule has 0 rings (SSSR count). The van der Waals surface area contributed by atoms with Crippen molar-refractivity contribution in [3.8, 4) is 0 Å². The summed E-state index contributed by atoms with van der Waals surface area (Å²) in [7, 11) is -8.24. The number of hydrogen-bond donors (Lipinski definition) is 1. The molecule has 29 heteroatoms. The van der Waals surface area contributed by atoms with Crippen molar-refractivity contribution in [3.05, 3.63) is 0 Å². The molecule has 248 valence electrons. The topological polar surface area (TPSA) is 54.4 Å². The average Bonchev–Trinajstić information content (AvgIpc) is 2.70. The molecule has 0 radical (unpaired) electrons. The Bertz CT molecular complexity index is 1100. The van der Waals surface area contributed by atoms with Crippen molar-refractivity contribution in [3.63, 3.8) is 0 Å². The fourth-order valence-electron chi connectivity index (χ4n) is 2.10. The maximum Gasteiger partial charge on any atom is 0.460 e. The molecule has 0 aliphatic heterocycles. The van der Waals surface area contributed by atoms with Crippen LogP contribution in [0.1, 0.15) is 0 Å². The molecule has 0 fully saturated rings. The molecule has 0 bridgehead atoms. The SMILES string of the molecule is O=S(=O)(O)C(F)(F)C(F)(F)C(F)(F)C(F)(F)C(F)(F)C(F)(F)C(F)(F)C(F)(F)C(F)(F)C(F)(F)C(F)(F)C(F)(F)F. The first-order valence-electron chi connectivity index (χ1n) is 8.19. The van der Waals surface area contributed by atoms with Crippen LogP contribution in [-0.2, 0) is 10.1 Å². The van der Waals surface area contributed by atoms with Gasteiger partial charge < -0.3 is 0 Å². The van der Waals surface area contributed by atoms with Gasteiger partial charge in [0.1, 0.15) is 0 Å². The Labute approximate surface area is 205 Å². The molecule has 41 heavy (non-hydrogen) atoms. The number of halogens is 25. The molecule has 0 aromatic heterocycles. The molecule has 0 saturated carbocycles. The summed E-state index contributed by atoms with van der Waals surface area (Å²) in [6.45, 7) is 0. The highest BCUT2D eigenvalue weighted by atomic mass is 32.2. The van der Waals surface area contributed by atoms with Crippen molar-refractivity contribution in [2.24, 2.45) is 0 Å². The summed E-state index contributed by atoms with van der Waals surface area (Å²) in [4.78, 5) is 0. The maximum absolute atomic E-state index is 13.5. The van der Waals surface area contributed by atoms with Crippen LogP contribution in [0.2, 0.25) is 0 Å². The van der Waals surface area contributed by atoms with E-state index in [9.17, 15) is 118 Å². The van der Waals surface area contributed by atoms with Crippen LogP contribution in [0.5, 0.6) is 0 Å². The molecule has 0 spiro atoms. The van der Waals surface area contributed by atoms with Crippen molar-refractivity contribution in [1.82, 2.24) is 0 Å². The van der Waals surface area contributed by atoms with E-state index >= 15 is 0 Å². The molecular weight excluding hydrogens is 699 g/mol. The molecule has 3 nitrogen and oxygen atoms in total. The molecule has 0 amide bonds. The third kappa shape index (κ3) is 4.43. The second-order valence-corrected chi connectivity index (χ2v) is 8.70. The quantitative estimate of drug-likeness (QED) is 0.181. The van der Waals surface area contributed by atoms with Gasteiger partial charge >= 0.3 is 80.8 Å². The van der Waals surface area contributed by atoms with E-state index in [2.05, 4.69) is 0 Å².